The zero-order chi connectivity index (χ0) is 15.0. The summed E-state index contributed by atoms with van der Waals surface area (Å²) >= 11 is 0. The van der Waals surface area contributed by atoms with E-state index in [1.54, 1.807) is 0 Å². The number of ether oxygens (including phenoxy) is 1. The van der Waals surface area contributed by atoms with Crippen molar-refractivity contribution in [2.45, 2.75) is 46.6 Å². The van der Waals surface area contributed by atoms with Gasteiger partial charge in [0.15, 0.2) is 11.9 Å². The Morgan fingerprint density at radius 3 is 2.55 bits per heavy atom. The summed E-state index contributed by atoms with van der Waals surface area (Å²) in [6, 6.07) is 1.81. The van der Waals surface area contributed by atoms with Gasteiger partial charge in [-0.2, -0.15) is 0 Å². The number of Topliss-reactive ketones (excluding diaryl/α,β-unsaturated/α-hetero) is 1. The van der Waals surface area contributed by atoms with Crippen molar-refractivity contribution >= 4 is 11.8 Å². The monoisotopic (exact) mass is 276 g/mol. The Morgan fingerprint density at radius 2 is 2.00 bits per heavy atom. The second kappa shape index (κ2) is 5.27. The van der Waals surface area contributed by atoms with Crippen LogP contribution >= 0.6 is 0 Å². The van der Waals surface area contributed by atoms with E-state index in [0.29, 0.717) is 30.1 Å². The molecule has 4 heteroatoms. The zero-order valence-corrected chi connectivity index (χ0v) is 12.3. The molecule has 1 aliphatic rings. The maximum atomic E-state index is 12.3. The Bertz CT molecular complexity index is 572. The third-order valence-electron chi connectivity index (χ3n) is 3.75. The Kier molecular flexibility index (Phi) is 3.84. The molecule has 0 saturated heterocycles. The van der Waals surface area contributed by atoms with Crippen LogP contribution in [0.3, 0.4) is 0 Å². The van der Waals surface area contributed by atoms with Gasteiger partial charge in [0.05, 0.1) is 0 Å². The van der Waals surface area contributed by atoms with Gasteiger partial charge in [0.25, 0.3) is 0 Å². The summed E-state index contributed by atoms with van der Waals surface area (Å²) in [6.07, 6.45) is -0.00528. The third kappa shape index (κ3) is 2.55. The first kappa shape index (κ1) is 14.6. The standard InChI is InChI=1S/C16H20O4/c1-8(2)5-13(17)12-6-11-7-14(16(18)19)20-15(11)10(4)9(12)3/h6,8,14H,5,7H2,1-4H3,(H,18,19). The molecule has 1 atom stereocenters. The van der Waals surface area contributed by atoms with Crippen LogP contribution in [0.1, 0.15) is 47.3 Å². The van der Waals surface area contributed by atoms with Gasteiger partial charge < -0.3 is 9.84 Å². The number of benzene rings is 1. The van der Waals surface area contributed by atoms with Gasteiger partial charge in [-0.3, -0.25) is 4.79 Å². The van der Waals surface area contributed by atoms with Crippen LogP contribution < -0.4 is 4.74 Å². The summed E-state index contributed by atoms with van der Waals surface area (Å²) < 4.78 is 5.48. The number of fused-ring (bicyclic) bond motifs is 1. The lowest BCUT2D eigenvalue weighted by Crippen LogP contribution is -2.24. The average molecular weight is 276 g/mol. The lowest BCUT2D eigenvalue weighted by atomic mass is 9.92. The molecule has 20 heavy (non-hydrogen) atoms. The number of carbonyl (C=O) groups excluding carboxylic acids is 1. The molecule has 0 spiro atoms. The minimum absolute atomic E-state index is 0.113. The molecule has 0 aliphatic carbocycles. The van der Waals surface area contributed by atoms with Crippen LogP contribution in [0, 0.1) is 19.8 Å². The summed E-state index contributed by atoms with van der Waals surface area (Å²) in [5.41, 5.74) is 3.29. The van der Waals surface area contributed by atoms with Gasteiger partial charge in [0.1, 0.15) is 5.75 Å². The predicted molar refractivity (Wildman–Crippen MR) is 75.5 cm³/mol. The van der Waals surface area contributed by atoms with Crippen LogP contribution in [0.5, 0.6) is 5.75 Å². The third-order valence-corrected chi connectivity index (χ3v) is 3.75. The van der Waals surface area contributed by atoms with E-state index in [-0.39, 0.29) is 5.78 Å². The van der Waals surface area contributed by atoms with E-state index in [4.69, 9.17) is 9.84 Å². The van der Waals surface area contributed by atoms with Gasteiger partial charge in [0, 0.05) is 18.4 Å². The number of carboxylic acid groups (broad SMARTS) is 1. The lowest BCUT2D eigenvalue weighted by Gasteiger charge is -2.13. The first-order chi connectivity index (χ1) is 9.31. The fourth-order valence-electron chi connectivity index (χ4n) is 2.57. The topological polar surface area (TPSA) is 63.6 Å². The minimum atomic E-state index is -0.965. The maximum absolute atomic E-state index is 12.3. The second-order valence-electron chi connectivity index (χ2n) is 5.83. The largest absolute Gasteiger partial charge is 0.478 e. The molecule has 1 heterocycles. The molecule has 0 amide bonds. The molecule has 0 fully saturated rings. The average Bonchev–Trinajstić information content (AvgIpc) is 2.77. The van der Waals surface area contributed by atoms with Crippen molar-refractivity contribution in [1.82, 2.24) is 0 Å². The molecular formula is C16H20O4. The van der Waals surface area contributed by atoms with Crippen LogP contribution in [-0.4, -0.2) is 23.0 Å². The summed E-state index contributed by atoms with van der Waals surface area (Å²) in [6.45, 7) is 7.79. The van der Waals surface area contributed by atoms with Crippen molar-refractivity contribution in [2.24, 2.45) is 5.92 Å². The molecule has 1 aromatic carbocycles. The normalized spacial score (nSPS) is 16.9. The van der Waals surface area contributed by atoms with Gasteiger partial charge >= 0.3 is 5.97 Å². The van der Waals surface area contributed by atoms with E-state index in [0.717, 1.165) is 16.7 Å². The summed E-state index contributed by atoms with van der Waals surface area (Å²) in [4.78, 5) is 23.3. The highest BCUT2D eigenvalue weighted by Crippen LogP contribution is 2.36. The molecule has 0 bridgehead atoms. The van der Waals surface area contributed by atoms with Crippen LogP contribution in [0.25, 0.3) is 0 Å². The Balaban J connectivity index is 2.40. The number of carbonyl (C=O) groups is 2. The maximum Gasteiger partial charge on any atom is 0.345 e. The summed E-state index contributed by atoms with van der Waals surface area (Å²) in [7, 11) is 0. The van der Waals surface area contributed by atoms with Crippen molar-refractivity contribution in [3.05, 3.63) is 28.3 Å². The number of rotatable bonds is 4. The lowest BCUT2D eigenvalue weighted by molar-refractivity contribution is -0.144. The van der Waals surface area contributed by atoms with E-state index in [1.807, 2.05) is 33.8 Å². The molecule has 0 radical (unpaired) electrons. The molecule has 0 saturated carbocycles. The smallest absolute Gasteiger partial charge is 0.345 e. The van der Waals surface area contributed by atoms with Crippen molar-refractivity contribution in [3.63, 3.8) is 0 Å². The highest BCUT2D eigenvalue weighted by atomic mass is 16.5. The zero-order valence-electron chi connectivity index (χ0n) is 12.3. The molecule has 1 aromatic rings. The fourth-order valence-corrected chi connectivity index (χ4v) is 2.57. The Labute approximate surface area is 118 Å². The second-order valence-corrected chi connectivity index (χ2v) is 5.83. The van der Waals surface area contributed by atoms with E-state index in [9.17, 15) is 9.59 Å². The number of aliphatic carboxylic acids is 1. The van der Waals surface area contributed by atoms with Gasteiger partial charge in [-0.15, -0.1) is 0 Å². The summed E-state index contributed by atoms with van der Waals surface area (Å²) in [5, 5.41) is 9.05. The number of hydrogen-bond donors (Lipinski definition) is 1. The highest BCUT2D eigenvalue weighted by molar-refractivity contribution is 5.98. The molecule has 1 aliphatic heterocycles. The molecule has 4 nitrogen and oxygen atoms in total. The summed E-state index contributed by atoms with van der Waals surface area (Å²) in [5.74, 6) is 0.0879. The SMILES string of the molecule is Cc1c(C(=O)CC(C)C)cc2c(c1C)OC(C(=O)O)C2. The predicted octanol–water partition coefficient (Wildman–Crippen LogP) is 2.92. The number of hydrogen-bond acceptors (Lipinski definition) is 3. The molecular weight excluding hydrogens is 256 g/mol. The van der Waals surface area contributed by atoms with E-state index in [1.165, 1.54) is 0 Å². The molecule has 1 unspecified atom stereocenters. The molecule has 2 rings (SSSR count). The van der Waals surface area contributed by atoms with Gasteiger partial charge in [-0.25, -0.2) is 4.79 Å². The molecule has 0 aromatic heterocycles. The van der Waals surface area contributed by atoms with E-state index >= 15 is 0 Å². The highest BCUT2D eigenvalue weighted by Gasteiger charge is 2.32. The van der Waals surface area contributed by atoms with Crippen LogP contribution in [0.15, 0.2) is 6.07 Å². The number of ketones is 1. The Morgan fingerprint density at radius 1 is 1.35 bits per heavy atom. The van der Waals surface area contributed by atoms with Gasteiger partial charge in [0.2, 0.25) is 0 Å². The van der Waals surface area contributed by atoms with E-state index in [2.05, 4.69) is 0 Å². The van der Waals surface area contributed by atoms with Gasteiger partial charge in [-0.1, -0.05) is 13.8 Å². The van der Waals surface area contributed by atoms with Crippen molar-refractivity contribution in [3.8, 4) is 5.75 Å². The van der Waals surface area contributed by atoms with Crippen molar-refractivity contribution in [1.29, 1.82) is 0 Å². The van der Waals surface area contributed by atoms with E-state index < -0.39 is 12.1 Å². The first-order valence-corrected chi connectivity index (χ1v) is 6.87. The van der Waals surface area contributed by atoms with Crippen LogP contribution in [-0.2, 0) is 11.2 Å². The van der Waals surface area contributed by atoms with Gasteiger partial charge in [-0.05, 0) is 42.5 Å². The minimum Gasteiger partial charge on any atom is -0.478 e. The molecule has 1 N–H and O–H groups in total. The van der Waals surface area contributed by atoms with Crippen LogP contribution in [0.4, 0.5) is 0 Å². The van der Waals surface area contributed by atoms with Crippen molar-refractivity contribution in [2.75, 3.05) is 0 Å². The fraction of sp³-hybridized carbons (Fsp3) is 0.500. The quantitative estimate of drug-likeness (QED) is 0.859. The van der Waals surface area contributed by atoms with Crippen LogP contribution in [0.2, 0.25) is 0 Å². The number of carboxylic acids is 1. The molecule has 108 valence electrons. The Hall–Kier alpha value is -1.84. The first-order valence-electron chi connectivity index (χ1n) is 6.87. The van der Waals surface area contributed by atoms with Crippen molar-refractivity contribution < 1.29 is 19.4 Å².